The van der Waals surface area contributed by atoms with E-state index in [9.17, 15) is 4.79 Å². The second kappa shape index (κ2) is 6.40. The SMILES string of the molecule is NCc1ccc(C(=O)NCCC2=CCCCC2)o1. The Kier molecular flexibility index (Phi) is 4.59. The Bertz CT molecular complexity index is 435. The molecule has 0 saturated carbocycles. The van der Waals surface area contributed by atoms with E-state index in [1.807, 2.05) is 0 Å². The first-order chi connectivity index (χ1) is 8.79. The third-order valence-corrected chi connectivity index (χ3v) is 3.20. The molecule has 4 nitrogen and oxygen atoms in total. The van der Waals surface area contributed by atoms with Gasteiger partial charge in [-0.05, 0) is 44.2 Å². The molecule has 18 heavy (non-hydrogen) atoms. The Hall–Kier alpha value is -1.55. The Morgan fingerprint density at radius 1 is 1.39 bits per heavy atom. The van der Waals surface area contributed by atoms with Crippen molar-refractivity contribution in [2.75, 3.05) is 6.54 Å². The zero-order valence-electron chi connectivity index (χ0n) is 10.6. The van der Waals surface area contributed by atoms with E-state index in [0.29, 0.717) is 24.6 Å². The van der Waals surface area contributed by atoms with E-state index in [1.165, 1.54) is 31.3 Å². The molecule has 4 heteroatoms. The smallest absolute Gasteiger partial charge is 0.287 e. The molecule has 1 aliphatic rings. The van der Waals surface area contributed by atoms with Crippen molar-refractivity contribution in [1.82, 2.24) is 5.32 Å². The summed E-state index contributed by atoms with van der Waals surface area (Å²) in [4.78, 5) is 11.8. The van der Waals surface area contributed by atoms with Crippen LogP contribution in [0.1, 0.15) is 48.4 Å². The molecule has 98 valence electrons. The predicted molar refractivity (Wildman–Crippen MR) is 70.1 cm³/mol. The van der Waals surface area contributed by atoms with Gasteiger partial charge in [0.15, 0.2) is 5.76 Å². The topological polar surface area (TPSA) is 68.3 Å². The van der Waals surface area contributed by atoms with Crippen molar-refractivity contribution in [2.45, 2.75) is 38.6 Å². The second-order valence-corrected chi connectivity index (χ2v) is 4.58. The largest absolute Gasteiger partial charge is 0.455 e. The fraction of sp³-hybridized carbons (Fsp3) is 0.500. The van der Waals surface area contributed by atoms with E-state index >= 15 is 0 Å². The number of furan rings is 1. The zero-order valence-corrected chi connectivity index (χ0v) is 10.6. The molecule has 1 heterocycles. The Morgan fingerprint density at radius 3 is 2.94 bits per heavy atom. The van der Waals surface area contributed by atoms with E-state index in [4.69, 9.17) is 10.2 Å². The molecule has 2 rings (SSSR count). The molecule has 0 spiro atoms. The van der Waals surface area contributed by atoms with Gasteiger partial charge in [-0.3, -0.25) is 4.79 Å². The molecular formula is C14H20N2O2. The van der Waals surface area contributed by atoms with Gasteiger partial charge < -0.3 is 15.5 Å². The van der Waals surface area contributed by atoms with Crippen LogP contribution >= 0.6 is 0 Å². The van der Waals surface area contributed by atoms with Crippen molar-refractivity contribution in [1.29, 1.82) is 0 Å². The molecule has 0 unspecified atom stereocenters. The molecular weight excluding hydrogens is 228 g/mol. The lowest BCUT2D eigenvalue weighted by atomic mass is 9.97. The Labute approximate surface area is 107 Å². The van der Waals surface area contributed by atoms with Crippen LogP contribution in [0, 0.1) is 0 Å². The van der Waals surface area contributed by atoms with Crippen molar-refractivity contribution in [3.05, 3.63) is 35.3 Å². The van der Waals surface area contributed by atoms with Gasteiger partial charge in [-0.2, -0.15) is 0 Å². The Balaban J connectivity index is 1.76. The molecule has 0 saturated heterocycles. The van der Waals surface area contributed by atoms with Crippen LogP contribution in [0.4, 0.5) is 0 Å². The molecule has 0 fully saturated rings. The normalized spacial score (nSPS) is 15.3. The van der Waals surface area contributed by atoms with Crippen molar-refractivity contribution in [2.24, 2.45) is 5.73 Å². The van der Waals surface area contributed by atoms with Crippen LogP contribution in [0.5, 0.6) is 0 Å². The van der Waals surface area contributed by atoms with Crippen LogP contribution in [-0.2, 0) is 6.54 Å². The minimum Gasteiger partial charge on any atom is -0.455 e. The number of allylic oxidation sites excluding steroid dienone is 1. The maximum Gasteiger partial charge on any atom is 0.287 e. The summed E-state index contributed by atoms with van der Waals surface area (Å²) in [6.07, 6.45) is 8.17. The van der Waals surface area contributed by atoms with Gasteiger partial charge in [-0.25, -0.2) is 0 Å². The van der Waals surface area contributed by atoms with Crippen LogP contribution in [0.2, 0.25) is 0 Å². The van der Waals surface area contributed by atoms with Gasteiger partial charge >= 0.3 is 0 Å². The molecule has 0 aliphatic heterocycles. The van der Waals surface area contributed by atoms with Crippen molar-refractivity contribution >= 4 is 5.91 Å². The lowest BCUT2D eigenvalue weighted by Gasteiger charge is -2.12. The molecule has 0 atom stereocenters. The number of carbonyl (C=O) groups is 1. The summed E-state index contributed by atoms with van der Waals surface area (Å²) >= 11 is 0. The van der Waals surface area contributed by atoms with Crippen LogP contribution in [0.25, 0.3) is 0 Å². The molecule has 1 amide bonds. The lowest BCUT2D eigenvalue weighted by molar-refractivity contribution is 0.0924. The van der Waals surface area contributed by atoms with Crippen LogP contribution in [0.15, 0.2) is 28.2 Å². The molecule has 0 bridgehead atoms. The summed E-state index contributed by atoms with van der Waals surface area (Å²) in [6.45, 7) is 0.990. The van der Waals surface area contributed by atoms with E-state index in [1.54, 1.807) is 12.1 Å². The molecule has 1 aromatic heterocycles. The van der Waals surface area contributed by atoms with E-state index in [2.05, 4.69) is 11.4 Å². The number of carbonyl (C=O) groups excluding carboxylic acids is 1. The number of hydrogen-bond acceptors (Lipinski definition) is 3. The van der Waals surface area contributed by atoms with Crippen LogP contribution in [-0.4, -0.2) is 12.5 Å². The maximum absolute atomic E-state index is 11.8. The highest BCUT2D eigenvalue weighted by Gasteiger charge is 2.10. The second-order valence-electron chi connectivity index (χ2n) is 4.58. The van der Waals surface area contributed by atoms with Gasteiger partial charge in [0, 0.05) is 6.54 Å². The van der Waals surface area contributed by atoms with Gasteiger partial charge in [0.2, 0.25) is 0 Å². The lowest BCUT2D eigenvalue weighted by Crippen LogP contribution is -2.24. The summed E-state index contributed by atoms with van der Waals surface area (Å²) < 4.78 is 5.29. The zero-order chi connectivity index (χ0) is 12.8. The summed E-state index contributed by atoms with van der Waals surface area (Å²) in [6, 6.07) is 3.40. The monoisotopic (exact) mass is 248 g/mol. The average Bonchev–Trinajstić information content (AvgIpc) is 2.89. The first kappa shape index (κ1) is 12.9. The molecule has 0 radical (unpaired) electrons. The maximum atomic E-state index is 11.8. The third kappa shape index (κ3) is 3.47. The molecule has 3 N–H and O–H groups in total. The fourth-order valence-electron chi connectivity index (χ4n) is 2.17. The third-order valence-electron chi connectivity index (χ3n) is 3.20. The number of hydrogen-bond donors (Lipinski definition) is 2. The molecule has 0 aromatic carbocycles. The molecule has 1 aromatic rings. The van der Waals surface area contributed by atoms with Gasteiger partial charge in [0.1, 0.15) is 5.76 Å². The van der Waals surface area contributed by atoms with Crippen molar-refractivity contribution < 1.29 is 9.21 Å². The number of nitrogens with one attached hydrogen (secondary N) is 1. The fourth-order valence-corrected chi connectivity index (χ4v) is 2.17. The minimum absolute atomic E-state index is 0.161. The van der Waals surface area contributed by atoms with Gasteiger partial charge in [0.25, 0.3) is 5.91 Å². The van der Waals surface area contributed by atoms with Crippen LogP contribution < -0.4 is 11.1 Å². The van der Waals surface area contributed by atoms with Crippen molar-refractivity contribution in [3.63, 3.8) is 0 Å². The quantitative estimate of drug-likeness (QED) is 0.786. The van der Waals surface area contributed by atoms with E-state index in [-0.39, 0.29) is 5.91 Å². The predicted octanol–water partition coefficient (Wildman–Crippen LogP) is 2.36. The highest BCUT2D eigenvalue weighted by atomic mass is 16.4. The summed E-state index contributed by atoms with van der Waals surface area (Å²) in [7, 11) is 0. The standard InChI is InChI=1S/C14H20N2O2/c15-10-12-6-7-13(18-12)14(17)16-9-8-11-4-2-1-3-5-11/h4,6-7H,1-3,5,8-10,15H2,(H,16,17). The average molecular weight is 248 g/mol. The number of nitrogens with two attached hydrogens (primary N) is 1. The molecule has 1 aliphatic carbocycles. The van der Waals surface area contributed by atoms with Crippen LogP contribution in [0.3, 0.4) is 0 Å². The van der Waals surface area contributed by atoms with Gasteiger partial charge in [-0.15, -0.1) is 0 Å². The van der Waals surface area contributed by atoms with Gasteiger partial charge in [-0.1, -0.05) is 11.6 Å². The summed E-state index contributed by atoms with van der Waals surface area (Å²) in [5.41, 5.74) is 6.89. The summed E-state index contributed by atoms with van der Waals surface area (Å²) in [5.74, 6) is 0.814. The highest BCUT2D eigenvalue weighted by molar-refractivity contribution is 5.91. The highest BCUT2D eigenvalue weighted by Crippen LogP contribution is 2.19. The van der Waals surface area contributed by atoms with Gasteiger partial charge in [0.05, 0.1) is 6.54 Å². The van der Waals surface area contributed by atoms with E-state index < -0.39 is 0 Å². The first-order valence-corrected chi connectivity index (χ1v) is 6.54. The Morgan fingerprint density at radius 2 is 2.28 bits per heavy atom. The summed E-state index contributed by atoms with van der Waals surface area (Å²) in [5, 5.41) is 2.87. The number of amides is 1. The minimum atomic E-state index is -0.161. The first-order valence-electron chi connectivity index (χ1n) is 6.54. The van der Waals surface area contributed by atoms with E-state index in [0.717, 1.165) is 6.42 Å². The van der Waals surface area contributed by atoms with Crippen molar-refractivity contribution in [3.8, 4) is 0 Å². The number of rotatable bonds is 5.